The van der Waals surface area contributed by atoms with E-state index in [1.165, 1.54) is 10.9 Å². The van der Waals surface area contributed by atoms with E-state index >= 15 is 0 Å². The molecule has 8 heteroatoms. The molecule has 29 heavy (non-hydrogen) atoms. The number of amides is 1. The number of rotatable bonds is 4. The van der Waals surface area contributed by atoms with Gasteiger partial charge in [-0.1, -0.05) is 42.5 Å². The van der Waals surface area contributed by atoms with Crippen molar-refractivity contribution in [2.24, 2.45) is 7.05 Å². The number of carbonyl (C=O) groups excluding carboxylic acids is 1. The highest BCUT2D eigenvalue weighted by Crippen LogP contribution is 2.25. The van der Waals surface area contributed by atoms with E-state index in [9.17, 15) is 13.2 Å². The standard InChI is InChI=1S/C21H22N4O3S/c1-24-15-22-23-21(24)29(27,28)19-11-13-25(14-12-19)20(26)18-9-7-17(8-10-18)16-5-3-2-4-6-16/h2-10,15,19H,11-14H2,1H3. The average Bonchev–Trinajstić information content (AvgIpc) is 3.21. The Morgan fingerprint density at radius 1 is 0.966 bits per heavy atom. The molecule has 0 aliphatic carbocycles. The number of aryl methyl sites for hydroxylation is 1. The number of nitrogens with zero attached hydrogens (tertiary/aromatic N) is 4. The summed E-state index contributed by atoms with van der Waals surface area (Å²) in [6.45, 7) is 0.808. The zero-order valence-corrected chi connectivity index (χ0v) is 16.9. The molecule has 7 nitrogen and oxygen atoms in total. The zero-order valence-electron chi connectivity index (χ0n) is 16.1. The fourth-order valence-corrected chi connectivity index (χ4v) is 5.41. The molecule has 1 aromatic heterocycles. The number of carbonyl (C=O) groups is 1. The number of piperidine rings is 1. The van der Waals surface area contributed by atoms with E-state index in [-0.39, 0.29) is 11.1 Å². The van der Waals surface area contributed by atoms with E-state index in [1.807, 2.05) is 54.6 Å². The summed E-state index contributed by atoms with van der Waals surface area (Å²) >= 11 is 0. The Balaban J connectivity index is 1.42. The van der Waals surface area contributed by atoms with Crippen molar-refractivity contribution in [3.63, 3.8) is 0 Å². The van der Waals surface area contributed by atoms with Crippen LogP contribution in [0.3, 0.4) is 0 Å². The van der Waals surface area contributed by atoms with Gasteiger partial charge in [0, 0.05) is 25.7 Å². The molecule has 0 unspecified atom stereocenters. The summed E-state index contributed by atoms with van der Waals surface area (Å²) in [5, 5.41) is 6.84. The Kier molecular flexibility index (Phi) is 5.19. The highest BCUT2D eigenvalue weighted by molar-refractivity contribution is 7.91. The Labute approximate surface area is 169 Å². The summed E-state index contributed by atoms with van der Waals surface area (Å²) in [5.74, 6) is -0.0703. The SMILES string of the molecule is Cn1cnnc1S(=O)(=O)C1CCN(C(=O)c2ccc(-c3ccccc3)cc2)CC1. The molecule has 0 radical (unpaired) electrons. The van der Waals surface area contributed by atoms with Crippen molar-refractivity contribution >= 4 is 15.7 Å². The molecule has 0 atom stereocenters. The van der Waals surface area contributed by atoms with E-state index in [4.69, 9.17) is 0 Å². The number of hydrogen-bond donors (Lipinski definition) is 0. The van der Waals surface area contributed by atoms with E-state index in [0.29, 0.717) is 31.5 Å². The van der Waals surface area contributed by atoms with E-state index in [2.05, 4.69) is 10.2 Å². The Morgan fingerprint density at radius 3 is 2.17 bits per heavy atom. The van der Waals surface area contributed by atoms with Crippen LogP contribution in [-0.2, 0) is 16.9 Å². The van der Waals surface area contributed by atoms with E-state index in [0.717, 1.165) is 11.1 Å². The number of hydrogen-bond acceptors (Lipinski definition) is 5. The fourth-order valence-electron chi connectivity index (χ4n) is 3.67. The molecule has 4 rings (SSSR count). The molecule has 150 valence electrons. The van der Waals surface area contributed by atoms with Gasteiger partial charge in [-0.15, -0.1) is 10.2 Å². The minimum absolute atomic E-state index is 0.0150. The normalized spacial score (nSPS) is 15.4. The van der Waals surface area contributed by atoms with Crippen LogP contribution >= 0.6 is 0 Å². The van der Waals surface area contributed by atoms with Crippen LogP contribution in [0.25, 0.3) is 11.1 Å². The summed E-state index contributed by atoms with van der Waals surface area (Å²) in [6, 6.07) is 17.5. The van der Waals surface area contributed by atoms with Crippen molar-refractivity contribution in [1.82, 2.24) is 19.7 Å². The first kappa shape index (κ1) is 19.3. The van der Waals surface area contributed by atoms with Crippen molar-refractivity contribution in [2.45, 2.75) is 23.2 Å². The molecule has 3 aromatic rings. The van der Waals surface area contributed by atoms with Crippen molar-refractivity contribution in [2.75, 3.05) is 13.1 Å². The molecule has 1 fully saturated rings. The molecule has 1 aliphatic rings. The third-order valence-corrected chi connectivity index (χ3v) is 7.56. The van der Waals surface area contributed by atoms with E-state index in [1.54, 1.807) is 11.9 Å². The van der Waals surface area contributed by atoms with E-state index < -0.39 is 15.1 Å². The van der Waals surface area contributed by atoms with Crippen LogP contribution in [0.5, 0.6) is 0 Å². The summed E-state index contributed by atoms with van der Waals surface area (Å²) in [6.07, 6.45) is 2.16. The maximum Gasteiger partial charge on any atom is 0.253 e. The summed E-state index contributed by atoms with van der Waals surface area (Å²) < 4.78 is 26.9. The minimum Gasteiger partial charge on any atom is -0.339 e. The van der Waals surface area contributed by atoms with Crippen LogP contribution < -0.4 is 0 Å². The predicted octanol–water partition coefficient (Wildman–Crippen LogP) is 2.56. The second-order valence-corrected chi connectivity index (χ2v) is 9.33. The topological polar surface area (TPSA) is 85.2 Å². The van der Waals surface area contributed by atoms with Crippen LogP contribution in [0.2, 0.25) is 0 Å². The van der Waals surface area contributed by atoms with Gasteiger partial charge in [-0.25, -0.2) is 8.42 Å². The lowest BCUT2D eigenvalue weighted by molar-refractivity contribution is 0.0725. The molecule has 0 bridgehead atoms. The monoisotopic (exact) mass is 410 g/mol. The lowest BCUT2D eigenvalue weighted by Crippen LogP contribution is -2.42. The van der Waals surface area contributed by atoms with Gasteiger partial charge in [-0.2, -0.15) is 0 Å². The molecule has 0 N–H and O–H groups in total. The molecule has 1 saturated heterocycles. The molecule has 1 amide bonds. The predicted molar refractivity (Wildman–Crippen MR) is 109 cm³/mol. The Hall–Kier alpha value is -3.00. The van der Waals surface area contributed by atoms with Gasteiger partial charge in [0.2, 0.25) is 15.0 Å². The third kappa shape index (κ3) is 3.80. The fraction of sp³-hybridized carbons (Fsp3) is 0.286. The Morgan fingerprint density at radius 2 is 1.59 bits per heavy atom. The van der Waals surface area contributed by atoms with Crippen molar-refractivity contribution < 1.29 is 13.2 Å². The van der Waals surface area contributed by atoms with Crippen LogP contribution in [0.1, 0.15) is 23.2 Å². The molecular formula is C21H22N4O3S. The number of aromatic nitrogens is 3. The van der Waals surface area contributed by atoms with Gasteiger partial charge in [0.05, 0.1) is 5.25 Å². The third-order valence-electron chi connectivity index (χ3n) is 5.33. The summed E-state index contributed by atoms with van der Waals surface area (Å²) in [5.41, 5.74) is 2.76. The summed E-state index contributed by atoms with van der Waals surface area (Å²) in [4.78, 5) is 14.6. The maximum absolute atomic E-state index is 12.8. The molecule has 0 saturated carbocycles. The van der Waals surface area contributed by atoms with Crippen LogP contribution in [-0.4, -0.2) is 52.3 Å². The quantitative estimate of drug-likeness (QED) is 0.660. The minimum atomic E-state index is -3.55. The molecule has 2 heterocycles. The van der Waals surface area contributed by atoms with Gasteiger partial charge in [0.15, 0.2) is 0 Å². The van der Waals surface area contributed by atoms with Crippen LogP contribution in [0, 0.1) is 0 Å². The first-order valence-corrected chi connectivity index (χ1v) is 11.0. The van der Waals surface area contributed by atoms with Gasteiger partial charge in [-0.3, -0.25) is 4.79 Å². The molecular weight excluding hydrogens is 388 g/mol. The smallest absolute Gasteiger partial charge is 0.253 e. The van der Waals surface area contributed by atoms with Crippen molar-refractivity contribution in [3.05, 3.63) is 66.5 Å². The first-order chi connectivity index (χ1) is 14.0. The number of benzene rings is 2. The number of likely N-dealkylation sites (tertiary alicyclic amines) is 1. The average molecular weight is 410 g/mol. The Bertz CT molecular complexity index is 1100. The first-order valence-electron chi connectivity index (χ1n) is 9.49. The molecule has 1 aliphatic heterocycles. The highest BCUT2D eigenvalue weighted by Gasteiger charge is 2.35. The molecule has 2 aromatic carbocycles. The second kappa shape index (κ2) is 7.79. The highest BCUT2D eigenvalue weighted by atomic mass is 32.2. The van der Waals surface area contributed by atoms with Crippen molar-refractivity contribution in [3.8, 4) is 11.1 Å². The molecule has 0 spiro atoms. The van der Waals surface area contributed by atoms with Crippen LogP contribution in [0.15, 0.2) is 66.1 Å². The number of sulfone groups is 1. The second-order valence-electron chi connectivity index (χ2n) is 7.20. The zero-order chi connectivity index (χ0) is 20.4. The maximum atomic E-state index is 12.8. The van der Waals surface area contributed by atoms with Gasteiger partial charge in [0.25, 0.3) is 5.91 Å². The summed E-state index contributed by atoms with van der Waals surface area (Å²) in [7, 11) is -1.93. The lowest BCUT2D eigenvalue weighted by Gasteiger charge is -2.31. The van der Waals surface area contributed by atoms with Gasteiger partial charge >= 0.3 is 0 Å². The van der Waals surface area contributed by atoms with Crippen molar-refractivity contribution in [1.29, 1.82) is 0 Å². The largest absolute Gasteiger partial charge is 0.339 e. The van der Waals surface area contributed by atoms with Crippen LogP contribution in [0.4, 0.5) is 0 Å². The van der Waals surface area contributed by atoms with Gasteiger partial charge < -0.3 is 9.47 Å². The lowest BCUT2D eigenvalue weighted by atomic mass is 10.0. The van der Waals surface area contributed by atoms with Gasteiger partial charge in [-0.05, 0) is 36.1 Å². The van der Waals surface area contributed by atoms with Gasteiger partial charge in [0.1, 0.15) is 6.33 Å².